The second-order valence-electron chi connectivity index (χ2n) is 3.44. The topological polar surface area (TPSA) is 21.3 Å². The largest absolute Gasteiger partial charge is 0.470 e. The minimum atomic E-state index is 0.0971. The fourth-order valence-corrected chi connectivity index (χ4v) is 1.65. The van der Waals surface area contributed by atoms with Gasteiger partial charge in [-0.1, -0.05) is 18.2 Å². The molecule has 0 spiro atoms. The molecule has 1 N–H and O–H groups in total. The molecule has 0 fully saturated rings. The molecule has 2 rings (SSSR count). The third kappa shape index (κ3) is 1.94. The molecule has 0 radical (unpaired) electrons. The van der Waals surface area contributed by atoms with E-state index in [2.05, 4.69) is 23.5 Å². The summed E-state index contributed by atoms with van der Waals surface area (Å²) in [6.45, 7) is 1.97. The number of ether oxygens (including phenoxy) is 1. The van der Waals surface area contributed by atoms with E-state index in [0.717, 1.165) is 25.0 Å². The Balaban J connectivity index is 1.98. The average Bonchev–Trinajstić information content (AvgIpc) is 2.43. The van der Waals surface area contributed by atoms with Crippen LogP contribution in [0.4, 0.5) is 0 Å². The summed E-state index contributed by atoms with van der Waals surface area (Å²) in [5, 5.41) is 3.22. The van der Waals surface area contributed by atoms with Crippen LogP contribution in [0.2, 0.25) is 0 Å². The van der Waals surface area contributed by atoms with E-state index in [1.807, 2.05) is 13.1 Å². The van der Waals surface area contributed by atoms with Gasteiger partial charge in [-0.15, -0.1) is 0 Å². The van der Waals surface area contributed by atoms with Gasteiger partial charge in [0.1, 0.15) is 5.76 Å². The summed E-state index contributed by atoms with van der Waals surface area (Å²) in [6.07, 6.45) is 12.0. The Kier molecular flexibility index (Phi) is 2.39. The van der Waals surface area contributed by atoms with Gasteiger partial charge in [0.15, 0.2) is 6.23 Å². The highest BCUT2D eigenvalue weighted by Crippen LogP contribution is 2.21. The van der Waals surface area contributed by atoms with Crippen LogP contribution in [-0.2, 0) is 4.74 Å². The molecule has 0 aromatic rings. The van der Waals surface area contributed by atoms with Gasteiger partial charge >= 0.3 is 0 Å². The van der Waals surface area contributed by atoms with Crippen LogP contribution in [0.1, 0.15) is 26.2 Å². The molecule has 1 heterocycles. The summed E-state index contributed by atoms with van der Waals surface area (Å²) < 4.78 is 5.61. The van der Waals surface area contributed by atoms with Crippen LogP contribution in [0.3, 0.4) is 0 Å². The van der Waals surface area contributed by atoms with E-state index in [0.29, 0.717) is 0 Å². The maximum Gasteiger partial charge on any atom is 0.191 e. The van der Waals surface area contributed by atoms with Crippen molar-refractivity contribution in [2.24, 2.45) is 0 Å². The lowest BCUT2D eigenvalue weighted by atomic mass is 10.1. The summed E-state index contributed by atoms with van der Waals surface area (Å²) in [4.78, 5) is 0. The summed E-state index contributed by atoms with van der Waals surface area (Å²) in [7, 11) is 0. The molecule has 0 saturated carbocycles. The van der Waals surface area contributed by atoms with Gasteiger partial charge in [-0.3, -0.25) is 0 Å². The molecular formula is C11H15NO. The SMILES string of the molecule is CC1=CNC(C2=CCC=CCC2)O1. The first kappa shape index (κ1) is 8.42. The second kappa shape index (κ2) is 3.69. The quantitative estimate of drug-likeness (QED) is 0.621. The van der Waals surface area contributed by atoms with E-state index in [-0.39, 0.29) is 6.23 Å². The zero-order valence-electron chi connectivity index (χ0n) is 7.92. The van der Waals surface area contributed by atoms with Gasteiger partial charge in [-0.25, -0.2) is 0 Å². The van der Waals surface area contributed by atoms with Gasteiger partial charge < -0.3 is 10.1 Å². The van der Waals surface area contributed by atoms with Crippen LogP contribution in [0.25, 0.3) is 0 Å². The molecule has 13 heavy (non-hydrogen) atoms. The third-order valence-electron chi connectivity index (χ3n) is 2.36. The Labute approximate surface area is 79.0 Å². The summed E-state index contributed by atoms with van der Waals surface area (Å²) in [5.74, 6) is 0.975. The highest BCUT2D eigenvalue weighted by Gasteiger charge is 2.18. The van der Waals surface area contributed by atoms with Gasteiger partial charge in [0.2, 0.25) is 0 Å². The van der Waals surface area contributed by atoms with Crippen molar-refractivity contribution in [3.8, 4) is 0 Å². The average molecular weight is 177 g/mol. The molecule has 2 aliphatic rings. The van der Waals surface area contributed by atoms with Crippen molar-refractivity contribution in [1.82, 2.24) is 5.32 Å². The first-order valence-corrected chi connectivity index (χ1v) is 4.79. The fourth-order valence-electron chi connectivity index (χ4n) is 1.65. The van der Waals surface area contributed by atoms with E-state index in [1.54, 1.807) is 0 Å². The van der Waals surface area contributed by atoms with Gasteiger partial charge in [-0.2, -0.15) is 0 Å². The van der Waals surface area contributed by atoms with Crippen LogP contribution in [-0.4, -0.2) is 6.23 Å². The van der Waals surface area contributed by atoms with Gasteiger partial charge in [0, 0.05) is 6.20 Å². The number of hydrogen-bond donors (Lipinski definition) is 1. The molecule has 0 saturated heterocycles. The monoisotopic (exact) mass is 177 g/mol. The predicted octanol–water partition coefficient (Wildman–Crippen LogP) is 2.46. The lowest BCUT2D eigenvalue weighted by Crippen LogP contribution is -2.23. The van der Waals surface area contributed by atoms with Crippen LogP contribution in [0.5, 0.6) is 0 Å². The first-order valence-electron chi connectivity index (χ1n) is 4.79. The lowest BCUT2D eigenvalue weighted by molar-refractivity contribution is 0.156. The second-order valence-corrected chi connectivity index (χ2v) is 3.44. The van der Waals surface area contributed by atoms with Crippen molar-refractivity contribution in [3.63, 3.8) is 0 Å². The molecule has 0 aromatic carbocycles. The van der Waals surface area contributed by atoms with Crippen molar-refractivity contribution in [3.05, 3.63) is 35.8 Å². The minimum Gasteiger partial charge on any atom is -0.470 e. The van der Waals surface area contributed by atoms with Crippen LogP contribution >= 0.6 is 0 Å². The van der Waals surface area contributed by atoms with Crippen LogP contribution in [0.15, 0.2) is 35.8 Å². The molecule has 0 amide bonds. The third-order valence-corrected chi connectivity index (χ3v) is 2.36. The molecule has 2 nitrogen and oxygen atoms in total. The molecule has 1 atom stereocenters. The minimum absolute atomic E-state index is 0.0971. The molecular weight excluding hydrogens is 162 g/mol. The van der Waals surface area contributed by atoms with Crippen molar-refractivity contribution in [2.75, 3.05) is 0 Å². The van der Waals surface area contributed by atoms with Crippen molar-refractivity contribution in [2.45, 2.75) is 32.4 Å². The molecule has 70 valence electrons. The Hall–Kier alpha value is -1.18. The number of nitrogens with one attached hydrogen (secondary N) is 1. The number of rotatable bonds is 1. The maximum atomic E-state index is 5.61. The first-order chi connectivity index (χ1) is 6.36. The zero-order chi connectivity index (χ0) is 9.10. The van der Waals surface area contributed by atoms with E-state index < -0.39 is 0 Å². The van der Waals surface area contributed by atoms with E-state index >= 15 is 0 Å². The fraction of sp³-hybridized carbons (Fsp3) is 0.455. The predicted molar refractivity (Wildman–Crippen MR) is 52.8 cm³/mol. The molecule has 1 unspecified atom stereocenters. The summed E-state index contributed by atoms with van der Waals surface area (Å²) >= 11 is 0. The standard InChI is InChI=1S/C11H15NO/c1-9-8-12-11(13-9)10-6-4-2-3-5-7-10/h2-3,6,8,11-12H,4-5,7H2,1H3. The van der Waals surface area contributed by atoms with Crippen LogP contribution < -0.4 is 5.32 Å². The van der Waals surface area contributed by atoms with E-state index in [4.69, 9.17) is 4.74 Å². The van der Waals surface area contributed by atoms with E-state index in [1.165, 1.54) is 5.57 Å². The lowest BCUT2D eigenvalue weighted by Gasteiger charge is -2.15. The Morgan fingerprint density at radius 2 is 2.38 bits per heavy atom. The van der Waals surface area contributed by atoms with Crippen molar-refractivity contribution < 1.29 is 4.74 Å². The molecule has 1 aliphatic carbocycles. The van der Waals surface area contributed by atoms with Gasteiger partial charge in [0.25, 0.3) is 0 Å². The highest BCUT2D eigenvalue weighted by molar-refractivity contribution is 5.17. The Morgan fingerprint density at radius 3 is 3.15 bits per heavy atom. The van der Waals surface area contributed by atoms with Crippen LogP contribution in [0, 0.1) is 0 Å². The Morgan fingerprint density at radius 1 is 1.46 bits per heavy atom. The highest BCUT2D eigenvalue weighted by atomic mass is 16.5. The van der Waals surface area contributed by atoms with Crippen molar-refractivity contribution >= 4 is 0 Å². The summed E-state index contributed by atoms with van der Waals surface area (Å²) in [6, 6.07) is 0. The number of hydrogen-bond acceptors (Lipinski definition) is 2. The van der Waals surface area contributed by atoms with Gasteiger partial charge in [-0.05, 0) is 31.8 Å². The van der Waals surface area contributed by atoms with E-state index in [9.17, 15) is 0 Å². The molecule has 0 aromatic heterocycles. The van der Waals surface area contributed by atoms with Gasteiger partial charge in [0.05, 0.1) is 0 Å². The smallest absolute Gasteiger partial charge is 0.191 e. The normalized spacial score (nSPS) is 27.0. The Bertz CT molecular complexity index is 276. The summed E-state index contributed by atoms with van der Waals surface area (Å²) in [5.41, 5.74) is 1.37. The molecule has 0 bridgehead atoms. The number of allylic oxidation sites excluding steroid dienone is 4. The zero-order valence-corrected chi connectivity index (χ0v) is 7.92. The molecule has 2 heteroatoms. The maximum absolute atomic E-state index is 5.61. The molecule has 1 aliphatic heterocycles. The van der Waals surface area contributed by atoms with Crippen molar-refractivity contribution in [1.29, 1.82) is 0 Å².